The number of fused-ring (bicyclic) bond motifs is 3. The fourth-order valence-corrected chi connectivity index (χ4v) is 5.64. The Labute approximate surface area is 205 Å². The van der Waals surface area contributed by atoms with E-state index in [0.717, 1.165) is 34.8 Å². The lowest BCUT2D eigenvalue weighted by Gasteiger charge is -2.38. The highest BCUT2D eigenvalue weighted by molar-refractivity contribution is 7.99. The van der Waals surface area contributed by atoms with Crippen molar-refractivity contribution in [2.24, 2.45) is 0 Å². The molecule has 4 aromatic rings. The number of carbonyl (C=O) groups excluding carboxylic acids is 2. The third-order valence-corrected chi connectivity index (χ3v) is 7.56. The fourth-order valence-electron chi connectivity index (χ4n) is 4.95. The van der Waals surface area contributed by atoms with Gasteiger partial charge in [0.25, 0.3) is 0 Å². The van der Waals surface area contributed by atoms with Crippen LogP contribution in [0.15, 0.2) is 59.8 Å². The van der Waals surface area contributed by atoms with Gasteiger partial charge >= 0.3 is 6.09 Å². The van der Waals surface area contributed by atoms with Crippen LogP contribution in [-0.2, 0) is 9.53 Å². The van der Waals surface area contributed by atoms with E-state index < -0.39 is 0 Å². The number of para-hydroxylation sites is 1. The lowest BCUT2D eigenvalue weighted by Crippen LogP contribution is -2.48. The number of nitrogens with one attached hydrogen (secondary N) is 1. The molecule has 0 saturated carbocycles. The molecule has 178 valence electrons. The summed E-state index contributed by atoms with van der Waals surface area (Å²) in [7, 11) is 0. The summed E-state index contributed by atoms with van der Waals surface area (Å²) in [6.45, 7) is 1.58. The number of hydrogen-bond acceptors (Lipinski definition) is 7. The van der Waals surface area contributed by atoms with E-state index in [1.165, 1.54) is 11.8 Å². The molecule has 2 fully saturated rings. The van der Waals surface area contributed by atoms with Gasteiger partial charge in [0, 0.05) is 30.0 Å². The first kappa shape index (κ1) is 21.8. The Kier molecular flexibility index (Phi) is 5.73. The van der Waals surface area contributed by atoms with E-state index in [1.54, 1.807) is 0 Å². The number of carbonyl (C=O) groups is 2. The summed E-state index contributed by atoms with van der Waals surface area (Å²) in [4.78, 5) is 36.9. The first-order valence-corrected chi connectivity index (χ1v) is 12.7. The zero-order valence-electron chi connectivity index (χ0n) is 19.0. The van der Waals surface area contributed by atoms with Gasteiger partial charge in [0.05, 0.1) is 11.8 Å². The van der Waals surface area contributed by atoms with E-state index in [1.807, 2.05) is 64.4 Å². The molecule has 1 N–H and O–H groups in total. The van der Waals surface area contributed by atoms with Gasteiger partial charge in [0.1, 0.15) is 12.1 Å². The van der Waals surface area contributed by atoms with Crippen LogP contribution < -0.4 is 0 Å². The molecular weight excluding hydrogens is 464 g/mol. The predicted octanol–water partition coefficient (Wildman–Crippen LogP) is 3.78. The van der Waals surface area contributed by atoms with Gasteiger partial charge in [-0.2, -0.15) is 0 Å². The highest BCUT2D eigenvalue weighted by atomic mass is 32.2. The Balaban J connectivity index is 1.06. The van der Waals surface area contributed by atoms with Crippen molar-refractivity contribution in [2.45, 2.75) is 30.1 Å². The van der Waals surface area contributed by atoms with Crippen LogP contribution in [0.2, 0.25) is 0 Å². The molecule has 2 aliphatic rings. The van der Waals surface area contributed by atoms with Crippen molar-refractivity contribution in [3.8, 4) is 0 Å². The largest absolute Gasteiger partial charge is 0.447 e. The Morgan fingerprint density at radius 2 is 1.83 bits per heavy atom. The van der Waals surface area contributed by atoms with Crippen molar-refractivity contribution in [3.63, 3.8) is 0 Å². The summed E-state index contributed by atoms with van der Waals surface area (Å²) in [5, 5.41) is 9.97. The number of thioether (sulfide) groups is 1. The number of piperidine rings is 1. The van der Waals surface area contributed by atoms with Crippen LogP contribution >= 0.6 is 11.8 Å². The minimum Gasteiger partial charge on any atom is -0.447 e. The average Bonchev–Trinajstić information content (AvgIpc) is 3.47. The number of cyclic esters (lactones) is 1. The first-order chi connectivity index (χ1) is 17.2. The van der Waals surface area contributed by atoms with Gasteiger partial charge in [-0.15, -0.1) is 10.2 Å². The Morgan fingerprint density at radius 1 is 1.06 bits per heavy atom. The maximum atomic E-state index is 12.9. The molecule has 0 unspecified atom stereocenters. The number of hydrogen-bond donors (Lipinski definition) is 1. The molecule has 4 heterocycles. The van der Waals surface area contributed by atoms with Gasteiger partial charge in [-0.1, -0.05) is 60.3 Å². The number of rotatable bonds is 5. The third kappa shape index (κ3) is 4.18. The standard InChI is InChI=1S/C25H24N6O3S/c32-21(15-35-24-27-23-22(28-29-24)18-8-4-5-9-19(18)26-23)30-12-10-17(11-13-30)31-20(14-34-25(31)33)16-6-2-1-3-7-16/h1-9,17,20H,10-15H2,(H,26,27,29)/t20-/m0/s1. The van der Waals surface area contributed by atoms with E-state index in [9.17, 15) is 9.59 Å². The molecule has 1 atom stereocenters. The Morgan fingerprint density at radius 3 is 2.66 bits per heavy atom. The number of amides is 2. The molecule has 0 radical (unpaired) electrons. The lowest BCUT2D eigenvalue weighted by molar-refractivity contribution is -0.129. The van der Waals surface area contributed by atoms with Gasteiger partial charge in [0.15, 0.2) is 5.65 Å². The van der Waals surface area contributed by atoms with Gasteiger partial charge in [-0.05, 0) is 24.5 Å². The quantitative estimate of drug-likeness (QED) is 0.426. The molecule has 2 saturated heterocycles. The van der Waals surface area contributed by atoms with Crippen LogP contribution in [0.5, 0.6) is 0 Å². The summed E-state index contributed by atoms with van der Waals surface area (Å²) in [6.07, 6.45) is 1.19. The molecule has 10 heteroatoms. The first-order valence-electron chi connectivity index (χ1n) is 11.7. The van der Waals surface area contributed by atoms with Gasteiger partial charge in [-0.3, -0.25) is 9.69 Å². The van der Waals surface area contributed by atoms with Crippen molar-refractivity contribution >= 4 is 45.8 Å². The second-order valence-electron chi connectivity index (χ2n) is 8.77. The number of ether oxygens (including phenoxy) is 1. The van der Waals surface area contributed by atoms with Gasteiger partial charge in [-0.25, -0.2) is 9.78 Å². The second kappa shape index (κ2) is 9.18. The van der Waals surface area contributed by atoms with Crippen molar-refractivity contribution in [1.82, 2.24) is 30.0 Å². The number of aromatic amines is 1. The lowest BCUT2D eigenvalue weighted by atomic mass is 9.99. The molecule has 2 amide bonds. The van der Waals surface area contributed by atoms with Gasteiger partial charge in [0.2, 0.25) is 11.1 Å². The summed E-state index contributed by atoms with van der Waals surface area (Å²) >= 11 is 1.29. The Hall–Kier alpha value is -3.66. The monoisotopic (exact) mass is 488 g/mol. The van der Waals surface area contributed by atoms with Gasteiger partial charge < -0.3 is 14.6 Å². The van der Waals surface area contributed by atoms with Crippen molar-refractivity contribution in [2.75, 3.05) is 25.4 Å². The molecule has 2 aromatic carbocycles. The fraction of sp³-hybridized carbons (Fsp3) is 0.320. The van der Waals surface area contributed by atoms with Crippen LogP contribution in [0, 0.1) is 0 Å². The molecule has 0 bridgehead atoms. The number of likely N-dealkylation sites (tertiary alicyclic amines) is 1. The molecule has 6 rings (SSSR count). The molecule has 35 heavy (non-hydrogen) atoms. The smallest absolute Gasteiger partial charge is 0.410 e. The van der Waals surface area contributed by atoms with Crippen LogP contribution in [0.3, 0.4) is 0 Å². The molecule has 0 aliphatic carbocycles. The molecular formula is C25H24N6O3S. The van der Waals surface area contributed by atoms with Crippen LogP contribution in [0.1, 0.15) is 24.4 Å². The number of benzene rings is 2. The van der Waals surface area contributed by atoms with Crippen LogP contribution in [-0.4, -0.2) is 73.5 Å². The van der Waals surface area contributed by atoms with Crippen molar-refractivity contribution in [1.29, 1.82) is 0 Å². The maximum absolute atomic E-state index is 12.9. The molecule has 0 spiro atoms. The minimum absolute atomic E-state index is 0.0393. The van der Waals surface area contributed by atoms with Crippen molar-refractivity contribution in [3.05, 3.63) is 60.2 Å². The minimum atomic E-state index is -0.267. The predicted molar refractivity (Wildman–Crippen MR) is 132 cm³/mol. The topological polar surface area (TPSA) is 104 Å². The van der Waals surface area contributed by atoms with E-state index in [4.69, 9.17) is 4.74 Å². The van der Waals surface area contributed by atoms with Crippen LogP contribution in [0.4, 0.5) is 4.79 Å². The Bertz CT molecular complexity index is 1390. The maximum Gasteiger partial charge on any atom is 0.410 e. The molecule has 9 nitrogen and oxygen atoms in total. The summed E-state index contributed by atoms with van der Waals surface area (Å²) < 4.78 is 5.38. The SMILES string of the molecule is O=C(CSc1nnc2c(n1)[nH]c1ccccc12)N1CCC(N2C(=O)OC[C@H]2c2ccccc2)CC1. The highest BCUT2D eigenvalue weighted by Crippen LogP contribution is 2.33. The summed E-state index contributed by atoms with van der Waals surface area (Å²) in [5.74, 6) is 0.286. The van der Waals surface area contributed by atoms with Crippen molar-refractivity contribution < 1.29 is 14.3 Å². The van der Waals surface area contributed by atoms with E-state index in [-0.39, 0.29) is 29.8 Å². The zero-order chi connectivity index (χ0) is 23.8. The molecule has 2 aliphatic heterocycles. The highest BCUT2D eigenvalue weighted by Gasteiger charge is 2.40. The normalized spacial score (nSPS) is 19.0. The summed E-state index contributed by atoms with van der Waals surface area (Å²) in [6, 6.07) is 17.8. The van der Waals surface area contributed by atoms with E-state index >= 15 is 0 Å². The summed E-state index contributed by atoms with van der Waals surface area (Å²) in [5.41, 5.74) is 3.44. The second-order valence-corrected chi connectivity index (χ2v) is 9.72. The molecule has 2 aromatic heterocycles. The number of H-pyrrole nitrogens is 1. The average molecular weight is 489 g/mol. The number of nitrogens with zero attached hydrogens (tertiary/aromatic N) is 5. The third-order valence-electron chi connectivity index (χ3n) is 6.73. The number of aromatic nitrogens is 4. The van der Waals surface area contributed by atoms with Crippen LogP contribution in [0.25, 0.3) is 22.1 Å². The zero-order valence-corrected chi connectivity index (χ0v) is 19.8. The van der Waals surface area contributed by atoms with E-state index in [0.29, 0.717) is 30.5 Å². The van der Waals surface area contributed by atoms with E-state index in [2.05, 4.69) is 20.2 Å².